The molecule has 0 unspecified atom stereocenters. The summed E-state index contributed by atoms with van der Waals surface area (Å²) in [5.41, 5.74) is 1.16. The molecule has 0 amide bonds. The van der Waals surface area contributed by atoms with E-state index in [1.54, 1.807) is 18.2 Å². The number of halogens is 2. The normalized spacial score (nSPS) is 10.2. The van der Waals surface area contributed by atoms with Gasteiger partial charge >= 0.3 is 5.97 Å². The Kier molecular flexibility index (Phi) is 4.25. The highest BCUT2D eigenvalue weighted by Gasteiger charge is 2.14. The zero-order valence-electron chi connectivity index (χ0n) is 10.9. The van der Waals surface area contributed by atoms with Crippen molar-refractivity contribution >= 4 is 17.6 Å². The van der Waals surface area contributed by atoms with E-state index in [-0.39, 0.29) is 22.1 Å². The predicted octanol–water partition coefficient (Wildman–Crippen LogP) is 4.37. The largest absolute Gasteiger partial charge is 0.465 e. The number of aryl methyl sites for hydroxylation is 1. The second-order valence-corrected chi connectivity index (χ2v) is 4.63. The van der Waals surface area contributed by atoms with E-state index in [4.69, 9.17) is 21.1 Å². The highest BCUT2D eigenvalue weighted by atomic mass is 35.5. The molecule has 0 saturated carbocycles. The number of methoxy groups -OCH3 is 1. The van der Waals surface area contributed by atoms with E-state index in [0.29, 0.717) is 0 Å². The summed E-state index contributed by atoms with van der Waals surface area (Å²) in [4.78, 5) is 11.7. The van der Waals surface area contributed by atoms with Crippen LogP contribution in [0.4, 0.5) is 4.39 Å². The fourth-order valence-corrected chi connectivity index (χ4v) is 1.93. The topological polar surface area (TPSA) is 35.5 Å². The minimum absolute atomic E-state index is 0.212. The number of carbonyl (C=O) groups is 1. The highest BCUT2D eigenvalue weighted by Crippen LogP contribution is 2.29. The molecule has 0 aliphatic heterocycles. The Balaban J connectivity index is 2.40. The molecule has 0 radical (unpaired) electrons. The Hall–Kier alpha value is -2.07. The minimum Gasteiger partial charge on any atom is -0.465 e. The van der Waals surface area contributed by atoms with Crippen LogP contribution in [0.3, 0.4) is 0 Å². The lowest BCUT2D eigenvalue weighted by atomic mass is 10.1. The van der Waals surface area contributed by atoms with Crippen LogP contribution in [0, 0.1) is 12.7 Å². The summed E-state index contributed by atoms with van der Waals surface area (Å²) in [6.45, 7) is 1.84. The zero-order valence-corrected chi connectivity index (χ0v) is 11.7. The van der Waals surface area contributed by atoms with Crippen molar-refractivity contribution in [2.75, 3.05) is 7.11 Å². The second kappa shape index (κ2) is 5.92. The average molecular weight is 295 g/mol. The monoisotopic (exact) mass is 294 g/mol. The lowest BCUT2D eigenvalue weighted by Crippen LogP contribution is -2.04. The van der Waals surface area contributed by atoms with Crippen molar-refractivity contribution in [3.05, 3.63) is 58.4 Å². The summed E-state index contributed by atoms with van der Waals surface area (Å²) in [6.07, 6.45) is 0. The maximum atomic E-state index is 13.3. The van der Waals surface area contributed by atoms with Gasteiger partial charge in [-0.1, -0.05) is 23.2 Å². The summed E-state index contributed by atoms with van der Waals surface area (Å²) in [5.74, 6) is -0.543. The van der Waals surface area contributed by atoms with Gasteiger partial charge in [-0.15, -0.1) is 0 Å². The number of hydrogen-bond donors (Lipinski definition) is 0. The van der Waals surface area contributed by atoms with Crippen molar-refractivity contribution in [3.8, 4) is 11.5 Å². The third-order valence-corrected chi connectivity index (χ3v) is 2.82. The van der Waals surface area contributed by atoms with Gasteiger partial charge in [0, 0.05) is 11.1 Å². The molecule has 0 aromatic heterocycles. The fraction of sp³-hybridized carbons (Fsp3) is 0.133. The lowest BCUT2D eigenvalue weighted by molar-refractivity contribution is 0.0598. The third-order valence-electron chi connectivity index (χ3n) is 2.60. The average Bonchev–Trinajstić information content (AvgIpc) is 2.38. The van der Waals surface area contributed by atoms with Crippen molar-refractivity contribution in [1.29, 1.82) is 0 Å². The molecule has 2 rings (SSSR count). The molecule has 0 saturated heterocycles. The highest BCUT2D eigenvalue weighted by molar-refractivity contribution is 6.30. The number of benzene rings is 2. The number of hydrogen-bond acceptors (Lipinski definition) is 3. The Bertz CT molecular complexity index is 635. The molecular formula is C15H12ClFO3. The van der Waals surface area contributed by atoms with E-state index in [1.807, 2.05) is 6.92 Å². The van der Waals surface area contributed by atoms with Crippen LogP contribution >= 0.6 is 11.6 Å². The summed E-state index contributed by atoms with van der Waals surface area (Å²) in [7, 11) is 1.29. The van der Waals surface area contributed by atoms with Gasteiger partial charge in [0.2, 0.25) is 0 Å². The first-order valence-corrected chi connectivity index (χ1v) is 6.20. The Morgan fingerprint density at radius 1 is 1.20 bits per heavy atom. The Labute approximate surface area is 120 Å². The molecule has 0 N–H and O–H groups in total. The van der Waals surface area contributed by atoms with E-state index in [0.717, 1.165) is 5.56 Å². The van der Waals surface area contributed by atoms with Crippen LogP contribution in [0.25, 0.3) is 0 Å². The van der Waals surface area contributed by atoms with Crippen LogP contribution in [-0.2, 0) is 4.74 Å². The van der Waals surface area contributed by atoms with Crippen molar-refractivity contribution < 1.29 is 18.7 Å². The molecule has 2 aromatic carbocycles. The number of ether oxygens (including phenoxy) is 2. The van der Waals surface area contributed by atoms with Crippen molar-refractivity contribution in [2.24, 2.45) is 0 Å². The minimum atomic E-state index is -0.522. The first kappa shape index (κ1) is 14.3. The smallest absolute Gasteiger partial charge is 0.341 e. The lowest BCUT2D eigenvalue weighted by Gasteiger charge is -2.11. The molecule has 20 heavy (non-hydrogen) atoms. The van der Waals surface area contributed by atoms with Crippen LogP contribution in [0.2, 0.25) is 5.02 Å². The van der Waals surface area contributed by atoms with Gasteiger partial charge in [-0.05, 0) is 31.2 Å². The molecule has 0 aliphatic rings. The fourth-order valence-electron chi connectivity index (χ4n) is 1.72. The molecule has 0 atom stereocenters. The maximum absolute atomic E-state index is 13.3. The molecule has 3 nitrogen and oxygen atoms in total. The summed E-state index contributed by atoms with van der Waals surface area (Å²) >= 11 is 5.76. The van der Waals surface area contributed by atoms with E-state index in [2.05, 4.69) is 0 Å². The standard InChI is InChI=1S/C15H12ClFO3/c1-9-3-4-14(13(5-9)15(18)19-2)20-12-7-10(16)6-11(17)8-12/h3-8H,1-2H3. The number of rotatable bonds is 3. The quantitative estimate of drug-likeness (QED) is 0.789. The molecule has 0 bridgehead atoms. The number of carbonyl (C=O) groups excluding carboxylic acids is 1. The van der Waals surface area contributed by atoms with Gasteiger partial charge in [0.25, 0.3) is 0 Å². The molecule has 5 heteroatoms. The van der Waals surface area contributed by atoms with Gasteiger partial charge in [0.05, 0.1) is 7.11 Å². The first-order valence-electron chi connectivity index (χ1n) is 5.82. The van der Waals surface area contributed by atoms with Crippen LogP contribution in [0.5, 0.6) is 11.5 Å². The molecule has 104 valence electrons. The van der Waals surface area contributed by atoms with E-state index < -0.39 is 11.8 Å². The Morgan fingerprint density at radius 3 is 2.60 bits per heavy atom. The van der Waals surface area contributed by atoms with Gasteiger partial charge in [-0.3, -0.25) is 0 Å². The van der Waals surface area contributed by atoms with Crippen LogP contribution < -0.4 is 4.74 Å². The summed E-state index contributed by atoms with van der Waals surface area (Å²) in [5, 5.41) is 0.215. The molecule has 0 fully saturated rings. The van der Waals surface area contributed by atoms with E-state index in [9.17, 15) is 9.18 Å². The van der Waals surface area contributed by atoms with Crippen LogP contribution in [0.15, 0.2) is 36.4 Å². The summed E-state index contributed by atoms with van der Waals surface area (Å²) in [6, 6.07) is 8.87. The molecule has 0 heterocycles. The Morgan fingerprint density at radius 2 is 1.95 bits per heavy atom. The zero-order chi connectivity index (χ0) is 14.7. The van der Waals surface area contributed by atoms with Crippen molar-refractivity contribution in [2.45, 2.75) is 6.92 Å². The molecule has 0 aliphatic carbocycles. The first-order chi connectivity index (χ1) is 9.49. The van der Waals surface area contributed by atoms with Gasteiger partial charge < -0.3 is 9.47 Å². The third kappa shape index (κ3) is 3.27. The predicted molar refractivity (Wildman–Crippen MR) is 74.0 cm³/mol. The molecule has 0 spiro atoms. The number of esters is 1. The summed E-state index contributed by atoms with van der Waals surface area (Å²) < 4.78 is 23.5. The van der Waals surface area contributed by atoms with Crippen molar-refractivity contribution in [3.63, 3.8) is 0 Å². The van der Waals surface area contributed by atoms with E-state index >= 15 is 0 Å². The maximum Gasteiger partial charge on any atom is 0.341 e. The second-order valence-electron chi connectivity index (χ2n) is 4.20. The van der Waals surface area contributed by atoms with Gasteiger partial charge in [0.1, 0.15) is 22.9 Å². The van der Waals surface area contributed by atoms with Gasteiger partial charge in [-0.25, -0.2) is 9.18 Å². The van der Waals surface area contributed by atoms with E-state index in [1.165, 1.54) is 25.3 Å². The van der Waals surface area contributed by atoms with Crippen LogP contribution in [-0.4, -0.2) is 13.1 Å². The van der Waals surface area contributed by atoms with Crippen LogP contribution in [0.1, 0.15) is 15.9 Å². The van der Waals surface area contributed by atoms with Crippen molar-refractivity contribution in [1.82, 2.24) is 0 Å². The molecule has 2 aromatic rings. The van der Waals surface area contributed by atoms with Gasteiger partial charge in [0.15, 0.2) is 0 Å². The van der Waals surface area contributed by atoms with Gasteiger partial charge in [-0.2, -0.15) is 0 Å². The SMILES string of the molecule is COC(=O)c1cc(C)ccc1Oc1cc(F)cc(Cl)c1. The molecular weight excluding hydrogens is 283 g/mol.